The number of nitrogens with zero attached hydrogens (tertiary/aromatic N) is 1. The van der Waals surface area contributed by atoms with Gasteiger partial charge in [-0.25, -0.2) is 0 Å². The Hall–Kier alpha value is -2.57. The molecule has 0 unspecified atom stereocenters. The number of nitrogens with one attached hydrogen (secondary N) is 1. The molecule has 0 bridgehead atoms. The van der Waals surface area contributed by atoms with Gasteiger partial charge in [0, 0.05) is 18.7 Å². The number of benzene rings is 1. The summed E-state index contributed by atoms with van der Waals surface area (Å²) < 4.78 is 10.3. The van der Waals surface area contributed by atoms with E-state index in [9.17, 15) is 14.4 Å². The van der Waals surface area contributed by atoms with Crippen LogP contribution < -0.4 is 10.1 Å². The molecule has 7 nitrogen and oxygen atoms in total. The molecule has 0 radical (unpaired) electrons. The fourth-order valence-corrected chi connectivity index (χ4v) is 3.24. The maximum Gasteiger partial charge on any atom is 0.326 e. The number of esters is 1. The molecule has 0 heterocycles. The molecule has 2 amide bonds. The summed E-state index contributed by atoms with van der Waals surface area (Å²) in [5.41, 5.74) is 0.378. The number of amides is 2. The van der Waals surface area contributed by atoms with Gasteiger partial charge in [-0.1, -0.05) is 25.3 Å². The Kier molecular flexibility index (Phi) is 7.64. The van der Waals surface area contributed by atoms with Crippen molar-refractivity contribution in [3.8, 4) is 5.75 Å². The summed E-state index contributed by atoms with van der Waals surface area (Å²) in [6, 6.07) is 6.82. The molecule has 1 aliphatic carbocycles. The van der Waals surface area contributed by atoms with E-state index >= 15 is 0 Å². The van der Waals surface area contributed by atoms with Gasteiger partial charge in [0.15, 0.2) is 6.10 Å². The average Bonchev–Trinajstić information content (AvgIpc) is 2.71. The van der Waals surface area contributed by atoms with E-state index in [1.54, 1.807) is 43.1 Å². The van der Waals surface area contributed by atoms with E-state index in [0.29, 0.717) is 11.3 Å². The zero-order chi connectivity index (χ0) is 19.8. The van der Waals surface area contributed by atoms with Crippen LogP contribution in [-0.4, -0.2) is 55.5 Å². The van der Waals surface area contributed by atoms with Crippen LogP contribution in [0, 0.1) is 0 Å². The second-order valence-corrected chi connectivity index (χ2v) is 6.79. The molecule has 0 aromatic heterocycles. The van der Waals surface area contributed by atoms with Crippen LogP contribution in [0.1, 0.15) is 49.4 Å². The Balaban J connectivity index is 1.80. The topological polar surface area (TPSA) is 84.9 Å². The Morgan fingerprint density at radius 2 is 1.93 bits per heavy atom. The van der Waals surface area contributed by atoms with Crippen LogP contribution in [0.3, 0.4) is 0 Å². The quantitative estimate of drug-likeness (QED) is 0.737. The van der Waals surface area contributed by atoms with Crippen molar-refractivity contribution in [3.05, 3.63) is 29.8 Å². The number of ether oxygens (including phenoxy) is 2. The van der Waals surface area contributed by atoms with Crippen LogP contribution >= 0.6 is 0 Å². The van der Waals surface area contributed by atoms with Gasteiger partial charge in [-0.15, -0.1) is 0 Å². The summed E-state index contributed by atoms with van der Waals surface area (Å²) in [7, 11) is 3.27. The van der Waals surface area contributed by atoms with E-state index in [4.69, 9.17) is 9.47 Å². The Bertz CT molecular complexity index is 670. The highest BCUT2D eigenvalue weighted by Crippen LogP contribution is 2.22. The monoisotopic (exact) mass is 376 g/mol. The molecular weight excluding hydrogens is 348 g/mol. The molecule has 1 saturated carbocycles. The number of carbonyl (C=O) groups excluding carboxylic acids is 3. The minimum Gasteiger partial charge on any atom is -0.497 e. The molecule has 1 aromatic carbocycles. The molecule has 0 saturated heterocycles. The molecule has 0 aliphatic heterocycles. The fourth-order valence-electron chi connectivity index (χ4n) is 3.24. The Labute approximate surface area is 160 Å². The SMILES string of the molecule is COc1cccc(C(=O)NCC(=O)O[C@@H](C)C(=O)N(C)C2CCCCC2)c1. The first kappa shape index (κ1) is 20.7. The highest BCUT2D eigenvalue weighted by molar-refractivity contribution is 5.96. The average molecular weight is 376 g/mol. The first-order valence-electron chi connectivity index (χ1n) is 9.30. The van der Waals surface area contributed by atoms with Crippen molar-refractivity contribution in [1.82, 2.24) is 10.2 Å². The lowest BCUT2D eigenvalue weighted by atomic mass is 9.94. The first-order chi connectivity index (χ1) is 12.9. The summed E-state index contributed by atoms with van der Waals surface area (Å²) in [5, 5.41) is 2.49. The molecule has 0 spiro atoms. The number of hydrogen-bond donors (Lipinski definition) is 1. The van der Waals surface area contributed by atoms with Crippen molar-refractivity contribution in [3.63, 3.8) is 0 Å². The van der Waals surface area contributed by atoms with Gasteiger partial charge in [0.1, 0.15) is 12.3 Å². The van der Waals surface area contributed by atoms with E-state index in [0.717, 1.165) is 25.7 Å². The molecule has 27 heavy (non-hydrogen) atoms. The molecule has 1 aliphatic rings. The number of hydrogen-bond acceptors (Lipinski definition) is 5. The summed E-state index contributed by atoms with van der Waals surface area (Å²) in [5.74, 6) is -0.724. The molecule has 1 aromatic rings. The van der Waals surface area contributed by atoms with Crippen molar-refractivity contribution in [1.29, 1.82) is 0 Å². The van der Waals surface area contributed by atoms with E-state index in [1.807, 2.05) is 0 Å². The normalized spacial score (nSPS) is 15.5. The summed E-state index contributed by atoms with van der Waals surface area (Å²) in [6.07, 6.45) is 4.53. The largest absolute Gasteiger partial charge is 0.497 e. The fraction of sp³-hybridized carbons (Fsp3) is 0.550. The molecule has 1 atom stereocenters. The maximum atomic E-state index is 12.5. The van der Waals surface area contributed by atoms with Crippen molar-refractivity contribution in [2.75, 3.05) is 20.7 Å². The zero-order valence-electron chi connectivity index (χ0n) is 16.2. The van der Waals surface area contributed by atoms with Gasteiger partial charge in [-0.3, -0.25) is 14.4 Å². The molecule has 7 heteroatoms. The number of carbonyl (C=O) groups is 3. The standard InChI is InChI=1S/C20H28N2O5/c1-14(20(25)22(2)16-9-5-4-6-10-16)27-18(23)13-21-19(24)15-8-7-11-17(12-15)26-3/h7-8,11-12,14,16H,4-6,9-10,13H2,1-3H3,(H,21,24)/t14-/m0/s1. The van der Waals surface area contributed by atoms with Gasteiger partial charge < -0.3 is 19.7 Å². The first-order valence-corrected chi connectivity index (χ1v) is 9.30. The number of rotatable bonds is 7. The second-order valence-electron chi connectivity index (χ2n) is 6.79. The van der Waals surface area contributed by atoms with Crippen molar-refractivity contribution in [2.24, 2.45) is 0 Å². The van der Waals surface area contributed by atoms with Gasteiger partial charge in [0.05, 0.1) is 7.11 Å². The minimum atomic E-state index is -0.877. The van der Waals surface area contributed by atoms with Gasteiger partial charge in [-0.2, -0.15) is 0 Å². The highest BCUT2D eigenvalue weighted by Gasteiger charge is 2.27. The maximum absolute atomic E-state index is 12.5. The van der Waals surface area contributed by atoms with Gasteiger partial charge in [0.25, 0.3) is 11.8 Å². The third-order valence-electron chi connectivity index (χ3n) is 4.85. The van der Waals surface area contributed by atoms with E-state index in [2.05, 4.69) is 5.32 Å². The minimum absolute atomic E-state index is 0.208. The van der Waals surface area contributed by atoms with Gasteiger partial charge in [-0.05, 0) is 38.0 Å². The Morgan fingerprint density at radius 3 is 2.59 bits per heavy atom. The van der Waals surface area contributed by atoms with Crippen LogP contribution in [-0.2, 0) is 14.3 Å². The summed E-state index contributed by atoms with van der Waals surface area (Å²) in [6.45, 7) is 1.25. The lowest BCUT2D eigenvalue weighted by Gasteiger charge is -2.32. The number of methoxy groups -OCH3 is 1. The van der Waals surface area contributed by atoms with Crippen LogP contribution in [0.2, 0.25) is 0 Å². The lowest BCUT2D eigenvalue weighted by Crippen LogP contribution is -2.45. The van der Waals surface area contributed by atoms with Crippen molar-refractivity contribution < 1.29 is 23.9 Å². The highest BCUT2D eigenvalue weighted by atomic mass is 16.5. The van der Waals surface area contributed by atoms with Gasteiger partial charge >= 0.3 is 5.97 Å². The smallest absolute Gasteiger partial charge is 0.326 e. The molecule has 1 N–H and O–H groups in total. The lowest BCUT2D eigenvalue weighted by molar-refractivity contribution is -0.158. The number of likely N-dealkylation sites (N-methyl/N-ethyl adjacent to an activating group) is 1. The van der Waals surface area contributed by atoms with Crippen LogP contribution in [0.15, 0.2) is 24.3 Å². The van der Waals surface area contributed by atoms with E-state index in [-0.39, 0.29) is 18.5 Å². The van der Waals surface area contributed by atoms with Crippen LogP contribution in [0.5, 0.6) is 5.75 Å². The second kappa shape index (κ2) is 9.94. The zero-order valence-corrected chi connectivity index (χ0v) is 16.2. The third-order valence-corrected chi connectivity index (χ3v) is 4.85. The summed E-state index contributed by atoms with van der Waals surface area (Å²) >= 11 is 0. The summed E-state index contributed by atoms with van der Waals surface area (Å²) in [4.78, 5) is 38.2. The van der Waals surface area contributed by atoms with E-state index in [1.165, 1.54) is 13.5 Å². The van der Waals surface area contributed by atoms with Crippen LogP contribution in [0.25, 0.3) is 0 Å². The Morgan fingerprint density at radius 1 is 1.22 bits per heavy atom. The van der Waals surface area contributed by atoms with Gasteiger partial charge in [0.2, 0.25) is 0 Å². The molecule has 148 valence electrons. The third kappa shape index (κ3) is 5.98. The van der Waals surface area contributed by atoms with Crippen molar-refractivity contribution in [2.45, 2.75) is 51.2 Å². The molecule has 1 fully saturated rings. The molecular formula is C20H28N2O5. The predicted octanol–water partition coefficient (Wildman–Crippen LogP) is 2.15. The van der Waals surface area contributed by atoms with Crippen LogP contribution in [0.4, 0.5) is 0 Å². The van der Waals surface area contributed by atoms with E-state index < -0.39 is 18.0 Å². The molecule has 2 rings (SSSR count). The predicted molar refractivity (Wildman–Crippen MR) is 101 cm³/mol. The van der Waals surface area contributed by atoms with Crippen molar-refractivity contribution >= 4 is 17.8 Å².